The van der Waals surface area contributed by atoms with E-state index in [1.165, 1.54) is 18.1 Å². The van der Waals surface area contributed by atoms with Crippen LogP contribution in [0, 0.1) is 0 Å². The number of benzene rings is 3. The van der Waals surface area contributed by atoms with Crippen LogP contribution in [0.5, 0.6) is 17.2 Å². The molecule has 0 bridgehead atoms. The van der Waals surface area contributed by atoms with Crippen LogP contribution in [0.4, 0.5) is 0 Å². The summed E-state index contributed by atoms with van der Waals surface area (Å²) in [5, 5.41) is 22.1. The van der Waals surface area contributed by atoms with Crippen LogP contribution in [0.1, 0.15) is 22.7 Å². The van der Waals surface area contributed by atoms with E-state index in [2.05, 4.69) is 4.98 Å². The molecule has 0 aliphatic carbocycles. The number of ether oxygens (including phenoxy) is 2. The molecule has 38 heavy (non-hydrogen) atoms. The van der Waals surface area contributed by atoms with Crippen molar-refractivity contribution in [2.24, 2.45) is 0 Å². The van der Waals surface area contributed by atoms with Crippen LogP contribution in [0.15, 0.2) is 84.3 Å². The number of aromatic nitrogens is 1. The van der Waals surface area contributed by atoms with Crippen molar-refractivity contribution in [1.82, 2.24) is 9.88 Å². The van der Waals surface area contributed by atoms with E-state index in [1.54, 1.807) is 19.2 Å². The van der Waals surface area contributed by atoms with Crippen molar-refractivity contribution in [3.63, 3.8) is 0 Å². The van der Waals surface area contributed by atoms with Gasteiger partial charge in [-0.15, -0.1) is 0 Å². The van der Waals surface area contributed by atoms with E-state index in [1.807, 2.05) is 54.7 Å². The summed E-state index contributed by atoms with van der Waals surface area (Å²) < 4.78 is 10.6. The Hall–Kier alpha value is -4.72. The van der Waals surface area contributed by atoms with Gasteiger partial charge in [0.15, 0.2) is 23.0 Å². The first-order valence-electron chi connectivity index (χ1n) is 12.2. The number of aliphatic hydroxyl groups is 1. The maximum absolute atomic E-state index is 13.5. The Labute approximate surface area is 219 Å². The lowest BCUT2D eigenvalue weighted by Crippen LogP contribution is -2.33. The largest absolute Gasteiger partial charge is 0.504 e. The van der Waals surface area contributed by atoms with Gasteiger partial charge >= 0.3 is 0 Å². The number of H-pyrrole nitrogens is 1. The van der Waals surface area contributed by atoms with Crippen molar-refractivity contribution in [3.8, 4) is 17.2 Å². The van der Waals surface area contributed by atoms with E-state index >= 15 is 0 Å². The number of hydrogen-bond donors (Lipinski definition) is 3. The average Bonchev–Trinajstić information content (AvgIpc) is 3.45. The Bertz CT molecular complexity index is 1540. The number of phenolic OH excluding ortho intramolecular Hbond substituents is 1. The highest BCUT2D eigenvalue weighted by molar-refractivity contribution is 6.09. The number of aromatic amines is 1. The molecule has 0 saturated heterocycles. The summed E-state index contributed by atoms with van der Waals surface area (Å²) >= 11 is 0. The molecule has 8 heteroatoms. The van der Waals surface area contributed by atoms with Crippen molar-refractivity contribution in [2.75, 3.05) is 20.8 Å². The number of ketones is 1. The zero-order chi connectivity index (χ0) is 26.8. The molecule has 1 amide bonds. The summed E-state index contributed by atoms with van der Waals surface area (Å²) in [7, 11) is 3.03. The Morgan fingerprint density at radius 2 is 1.79 bits per heavy atom. The molecule has 4 aromatic rings. The van der Waals surface area contributed by atoms with Gasteiger partial charge in [-0.25, -0.2) is 0 Å². The summed E-state index contributed by atoms with van der Waals surface area (Å²) in [5.41, 5.74) is 3.27. The van der Waals surface area contributed by atoms with Crippen molar-refractivity contribution < 1.29 is 29.3 Å². The molecule has 0 fully saturated rings. The molecule has 1 unspecified atom stereocenters. The van der Waals surface area contributed by atoms with Crippen molar-refractivity contribution >= 4 is 22.6 Å². The molecule has 5 rings (SSSR count). The van der Waals surface area contributed by atoms with Crippen LogP contribution < -0.4 is 9.47 Å². The van der Waals surface area contributed by atoms with Gasteiger partial charge in [0.05, 0.1) is 25.8 Å². The highest BCUT2D eigenvalue weighted by Gasteiger charge is 2.43. The number of methoxy groups -OCH3 is 2. The number of fused-ring (bicyclic) bond motifs is 1. The third kappa shape index (κ3) is 4.56. The number of aromatic hydroxyl groups is 1. The fourth-order valence-corrected chi connectivity index (χ4v) is 4.99. The van der Waals surface area contributed by atoms with Crippen LogP contribution >= 0.6 is 0 Å². The van der Waals surface area contributed by atoms with Crippen LogP contribution in [-0.4, -0.2) is 52.6 Å². The molecule has 3 aromatic carbocycles. The molecular weight excluding hydrogens is 484 g/mol. The number of aliphatic hydroxyl groups excluding tert-OH is 1. The number of phenols is 1. The first kappa shape index (κ1) is 25.0. The van der Waals surface area contributed by atoms with Crippen molar-refractivity contribution in [3.05, 3.63) is 101 Å². The minimum atomic E-state index is -0.840. The highest BCUT2D eigenvalue weighted by Crippen LogP contribution is 2.41. The Morgan fingerprint density at radius 1 is 1.00 bits per heavy atom. The van der Waals surface area contributed by atoms with Gasteiger partial charge in [0, 0.05) is 30.1 Å². The van der Waals surface area contributed by atoms with Crippen LogP contribution in [-0.2, 0) is 22.4 Å². The molecular formula is C30H28N2O6. The maximum Gasteiger partial charge on any atom is 0.290 e. The lowest BCUT2D eigenvalue weighted by atomic mass is 9.92. The Morgan fingerprint density at radius 3 is 2.53 bits per heavy atom. The molecule has 194 valence electrons. The van der Waals surface area contributed by atoms with Crippen molar-refractivity contribution in [1.29, 1.82) is 0 Å². The molecule has 8 nitrogen and oxygen atoms in total. The van der Waals surface area contributed by atoms with Gasteiger partial charge < -0.3 is 29.6 Å². The van der Waals surface area contributed by atoms with Gasteiger partial charge in [-0.2, -0.15) is 0 Å². The number of hydrogen-bond acceptors (Lipinski definition) is 6. The van der Waals surface area contributed by atoms with Gasteiger partial charge in [0.2, 0.25) is 0 Å². The first-order valence-corrected chi connectivity index (χ1v) is 12.2. The zero-order valence-corrected chi connectivity index (χ0v) is 21.1. The smallest absolute Gasteiger partial charge is 0.290 e. The monoisotopic (exact) mass is 512 g/mol. The van der Waals surface area contributed by atoms with Gasteiger partial charge in [0.1, 0.15) is 5.75 Å². The summed E-state index contributed by atoms with van der Waals surface area (Å²) in [5.74, 6) is -0.652. The fraction of sp³-hybridized carbons (Fsp3) is 0.200. The predicted molar refractivity (Wildman–Crippen MR) is 142 cm³/mol. The second-order valence-corrected chi connectivity index (χ2v) is 9.16. The first-order chi connectivity index (χ1) is 18.4. The van der Waals surface area contributed by atoms with E-state index in [-0.39, 0.29) is 35.8 Å². The molecule has 2 heterocycles. The number of Topliss-reactive ketones (excluding diaryl/α,β-unsaturated/α-hetero) is 1. The summed E-state index contributed by atoms with van der Waals surface area (Å²) in [6, 6.07) is 18.7. The minimum Gasteiger partial charge on any atom is -0.504 e. The fourth-order valence-electron chi connectivity index (χ4n) is 4.99. The van der Waals surface area contributed by atoms with E-state index in [0.717, 1.165) is 27.8 Å². The van der Waals surface area contributed by atoms with E-state index in [9.17, 15) is 19.8 Å². The number of carbonyl (C=O) groups excluding carboxylic acids is 2. The van der Waals surface area contributed by atoms with E-state index in [4.69, 9.17) is 9.47 Å². The SMILES string of the molecule is COc1ccc2[nH]cc(CCN3C(=O)C(O)=C(C(=O)Cc4ccccc4)C3c3ccc(O)c(OC)c3)c2c1. The standard InChI is InChI=1S/C30H28N2O6/c1-37-21-9-10-23-22(16-21)20(17-31-23)12-13-32-28(19-8-11-24(33)26(15-19)38-2)27(29(35)30(32)36)25(34)14-18-6-4-3-5-7-18/h3-11,15-17,28,31,33,35H,12-14H2,1-2H3. The molecule has 1 aromatic heterocycles. The van der Waals surface area contributed by atoms with E-state index < -0.39 is 17.7 Å². The molecule has 1 aliphatic rings. The summed E-state index contributed by atoms with van der Waals surface area (Å²) in [6.07, 6.45) is 2.39. The van der Waals surface area contributed by atoms with Gasteiger partial charge in [-0.05, 0) is 53.4 Å². The van der Waals surface area contributed by atoms with Gasteiger partial charge in [-0.3, -0.25) is 9.59 Å². The van der Waals surface area contributed by atoms with Crippen molar-refractivity contribution in [2.45, 2.75) is 18.9 Å². The topological polar surface area (TPSA) is 112 Å². The highest BCUT2D eigenvalue weighted by atomic mass is 16.5. The Kier molecular flexibility index (Phi) is 6.79. The lowest BCUT2D eigenvalue weighted by molar-refractivity contribution is -0.129. The second-order valence-electron chi connectivity index (χ2n) is 9.16. The number of rotatable bonds is 9. The van der Waals surface area contributed by atoms with Gasteiger partial charge in [-0.1, -0.05) is 36.4 Å². The van der Waals surface area contributed by atoms with Crippen LogP contribution in [0.3, 0.4) is 0 Å². The normalized spacial score (nSPS) is 15.4. The zero-order valence-electron chi connectivity index (χ0n) is 21.1. The molecule has 3 N–H and O–H groups in total. The summed E-state index contributed by atoms with van der Waals surface area (Å²) in [4.78, 5) is 31.6. The number of nitrogens with one attached hydrogen (secondary N) is 1. The average molecular weight is 513 g/mol. The van der Waals surface area contributed by atoms with Crippen LogP contribution in [0.2, 0.25) is 0 Å². The number of nitrogens with zero attached hydrogens (tertiary/aromatic N) is 1. The van der Waals surface area contributed by atoms with E-state index in [0.29, 0.717) is 12.0 Å². The molecule has 0 spiro atoms. The van der Waals surface area contributed by atoms with Crippen LogP contribution in [0.25, 0.3) is 10.9 Å². The minimum absolute atomic E-state index is 0.0344. The lowest BCUT2D eigenvalue weighted by Gasteiger charge is -2.27. The maximum atomic E-state index is 13.5. The third-order valence-corrected chi connectivity index (χ3v) is 6.93. The number of carbonyl (C=O) groups is 2. The predicted octanol–water partition coefficient (Wildman–Crippen LogP) is 4.64. The quantitative estimate of drug-likeness (QED) is 0.301. The molecule has 1 atom stereocenters. The number of amides is 1. The summed E-state index contributed by atoms with van der Waals surface area (Å²) in [6.45, 7) is 0.239. The molecule has 1 aliphatic heterocycles. The second kappa shape index (κ2) is 10.3. The Balaban J connectivity index is 1.50. The molecule has 0 radical (unpaired) electrons. The molecule has 0 saturated carbocycles. The van der Waals surface area contributed by atoms with Gasteiger partial charge in [0.25, 0.3) is 5.91 Å². The third-order valence-electron chi connectivity index (χ3n) is 6.93.